The van der Waals surface area contributed by atoms with Gasteiger partial charge in [-0.2, -0.15) is 0 Å². The Morgan fingerprint density at radius 2 is 0.488 bits per heavy atom. The number of nitrogens with one attached hydrogen (secondary N) is 1. The molecule has 0 rings (SSSR count). The minimum atomic E-state index is -0.661. The van der Waals surface area contributed by atoms with Crippen LogP contribution in [0.4, 0.5) is 0 Å². The van der Waals surface area contributed by atoms with E-state index in [-0.39, 0.29) is 18.5 Å². The van der Waals surface area contributed by atoms with Crippen LogP contribution < -0.4 is 5.32 Å². The number of unbranched alkanes of at least 4 members (excludes halogenated alkanes) is 64. The minimum Gasteiger partial charge on any atom is -0.466 e. The first kappa shape index (κ1) is 82.9. The molecule has 6 nitrogen and oxygen atoms in total. The highest BCUT2D eigenvalue weighted by atomic mass is 16.5. The number of carbonyl (C=O) groups is 2. The molecule has 0 fully saturated rings. The standard InChI is InChI=1S/C78H155NO5/c1-3-5-7-9-11-13-15-17-18-19-20-21-32-35-38-41-44-47-50-54-58-62-66-70-76(81)75(74-80)79-77(82)71-67-63-59-55-51-48-45-42-39-36-33-30-28-26-24-22-23-25-27-29-31-34-37-40-43-46-49-53-57-61-65-69-73-84-78(83)72-68-64-60-56-52-16-14-12-10-8-6-4-2/h75-76,80-81H,3-74H2,1-2H3,(H,79,82). The Hall–Kier alpha value is -1.14. The fourth-order valence-electron chi connectivity index (χ4n) is 12.9. The molecule has 0 aliphatic rings. The molecule has 0 radical (unpaired) electrons. The second kappa shape index (κ2) is 74.3. The van der Waals surface area contributed by atoms with Crippen LogP contribution in [-0.4, -0.2) is 47.4 Å². The van der Waals surface area contributed by atoms with Gasteiger partial charge in [0.2, 0.25) is 5.91 Å². The van der Waals surface area contributed by atoms with E-state index in [1.165, 1.54) is 392 Å². The van der Waals surface area contributed by atoms with Crippen molar-refractivity contribution in [3.05, 3.63) is 0 Å². The van der Waals surface area contributed by atoms with E-state index in [0.29, 0.717) is 25.9 Å². The SMILES string of the molecule is CCCCCCCCCCCCCCCCCCCCCCCCCC(O)C(CO)NC(=O)CCCCCCCCCCCCCCCCCCCCCCCCCCCCCCCCCCOC(=O)CCCCCCCCCCCCCC. The molecule has 502 valence electrons. The fraction of sp³-hybridized carbons (Fsp3) is 0.974. The molecule has 84 heavy (non-hydrogen) atoms. The number of rotatable bonds is 75. The van der Waals surface area contributed by atoms with E-state index in [4.69, 9.17) is 4.74 Å². The predicted octanol–water partition coefficient (Wildman–Crippen LogP) is 25.7. The molecule has 0 spiro atoms. The van der Waals surface area contributed by atoms with Crippen LogP contribution in [0.3, 0.4) is 0 Å². The normalized spacial score (nSPS) is 12.4. The molecule has 0 aromatic carbocycles. The topological polar surface area (TPSA) is 95.9 Å². The summed E-state index contributed by atoms with van der Waals surface area (Å²) in [5.41, 5.74) is 0. The lowest BCUT2D eigenvalue weighted by Crippen LogP contribution is -2.45. The molecule has 3 N–H and O–H groups in total. The zero-order valence-corrected chi connectivity index (χ0v) is 57.7. The Labute approximate surface area is 527 Å². The van der Waals surface area contributed by atoms with Gasteiger partial charge in [0.1, 0.15) is 0 Å². The number of carbonyl (C=O) groups excluding carboxylic acids is 2. The van der Waals surface area contributed by atoms with Gasteiger partial charge in [0.05, 0.1) is 25.4 Å². The molecule has 0 aromatic rings. The summed E-state index contributed by atoms with van der Waals surface area (Å²) < 4.78 is 5.49. The number of amides is 1. The van der Waals surface area contributed by atoms with Crippen LogP contribution >= 0.6 is 0 Å². The molecule has 6 heteroatoms. The average Bonchev–Trinajstić information content (AvgIpc) is 3.51. The lowest BCUT2D eigenvalue weighted by atomic mass is 10.0. The van der Waals surface area contributed by atoms with E-state index in [2.05, 4.69) is 19.2 Å². The molecule has 0 saturated heterocycles. The number of aliphatic hydroxyl groups is 2. The quantitative estimate of drug-likeness (QED) is 0.0417. The van der Waals surface area contributed by atoms with Gasteiger partial charge in [0.25, 0.3) is 0 Å². The van der Waals surface area contributed by atoms with Gasteiger partial charge in [-0.05, 0) is 25.7 Å². The zero-order chi connectivity index (χ0) is 60.6. The first-order chi connectivity index (χ1) is 41.5. The predicted molar refractivity (Wildman–Crippen MR) is 371 cm³/mol. The number of esters is 1. The van der Waals surface area contributed by atoms with Crippen molar-refractivity contribution in [1.29, 1.82) is 0 Å². The highest BCUT2D eigenvalue weighted by molar-refractivity contribution is 5.76. The van der Waals surface area contributed by atoms with Crippen LogP contribution in [0.5, 0.6) is 0 Å². The van der Waals surface area contributed by atoms with Crippen molar-refractivity contribution < 1.29 is 24.5 Å². The third-order valence-corrected chi connectivity index (χ3v) is 18.9. The van der Waals surface area contributed by atoms with E-state index in [1.807, 2.05) is 0 Å². The third-order valence-electron chi connectivity index (χ3n) is 18.9. The maximum atomic E-state index is 12.6. The maximum Gasteiger partial charge on any atom is 0.305 e. The van der Waals surface area contributed by atoms with Crippen molar-refractivity contribution in [2.75, 3.05) is 13.2 Å². The van der Waals surface area contributed by atoms with Gasteiger partial charge in [-0.1, -0.05) is 425 Å². The maximum absolute atomic E-state index is 12.6. The summed E-state index contributed by atoms with van der Waals surface area (Å²) in [7, 11) is 0. The summed E-state index contributed by atoms with van der Waals surface area (Å²) >= 11 is 0. The van der Waals surface area contributed by atoms with E-state index < -0.39 is 12.1 Å². The van der Waals surface area contributed by atoms with Gasteiger partial charge in [-0.3, -0.25) is 9.59 Å². The molecular formula is C78H155NO5. The fourth-order valence-corrected chi connectivity index (χ4v) is 12.9. The second-order valence-electron chi connectivity index (χ2n) is 27.4. The first-order valence-electron chi connectivity index (χ1n) is 39.3. The van der Waals surface area contributed by atoms with E-state index in [0.717, 1.165) is 38.5 Å². The molecule has 1 amide bonds. The zero-order valence-electron chi connectivity index (χ0n) is 57.7. The van der Waals surface area contributed by atoms with Gasteiger partial charge < -0.3 is 20.3 Å². The van der Waals surface area contributed by atoms with E-state index in [9.17, 15) is 19.8 Å². The summed E-state index contributed by atoms with van der Waals surface area (Å²) in [4.78, 5) is 24.6. The first-order valence-corrected chi connectivity index (χ1v) is 39.3. The molecule has 2 atom stereocenters. The van der Waals surface area contributed by atoms with Crippen LogP contribution in [0.25, 0.3) is 0 Å². The molecule has 0 bridgehead atoms. The molecule has 0 saturated carbocycles. The van der Waals surface area contributed by atoms with E-state index in [1.54, 1.807) is 0 Å². The van der Waals surface area contributed by atoms with Gasteiger partial charge in [-0.15, -0.1) is 0 Å². The van der Waals surface area contributed by atoms with Crippen molar-refractivity contribution >= 4 is 11.9 Å². The van der Waals surface area contributed by atoms with Crippen LogP contribution in [0.15, 0.2) is 0 Å². The smallest absolute Gasteiger partial charge is 0.305 e. The van der Waals surface area contributed by atoms with Crippen LogP contribution in [0.1, 0.15) is 463 Å². The molecule has 0 heterocycles. The summed E-state index contributed by atoms with van der Waals surface area (Å²) in [6, 6.07) is -0.538. The Bertz CT molecular complexity index is 1230. The average molecular weight is 1190 g/mol. The number of aliphatic hydroxyl groups excluding tert-OH is 2. The van der Waals surface area contributed by atoms with E-state index >= 15 is 0 Å². The van der Waals surface area contributed by atoms with Crippen molar-refractivity contribution in [2.45, 2.75) is 475 Å². The molecule has 0 aliphatic carbocycles. The van der Waals surface area contributed by atoms with Gasteiger partial charge in [-0.25, -0.2) is 0 Å². The van der Waals surface area contributed by atoms with Gasteiger partial charge in [0, 0.05) is 12.8 Å². The summed E-state index contributed by atoms with van der Waals surface area (Å²) in [5.74, 6) is -0.000702. The molecule has 2 unspecified atom stereocenters. The Morgan fingerprint density at radius 1 is 0.286 bits per heavy atom. The minimum absolute atomic E-state index is 0.0233. The Kier molecular flexibility index (Phi) is 73.3. The summed E-state index contributed by atoms with van der Waals surface area (Å²) in [5, 5.41) is 23.5. The van der Waals surface area contributed by atoms with Crippen molar-refractivity contribution in [2.24, 2.45) is 0 Å². The van der Waals surface area contributed by atoms with Crippen LogP contribution in [0, 0.1) is 0 Å². The highest BCUT2D eigenvalue weighted by Gasteiger charge is 2.20. The summed E-state index contributed by atoms with van der Waals surface area (Å²) in [6.07, 6.45) is 91.9. The van der Waals surface area contributed by atoms with Crippen molar-refractivity contribution in [1.82, 2.24) is 5.32 Å². The van der Waals surface area contributed by atoms with Crippen LogP contribution in [0.2, 0.25) is 0 Å². The molecule has 0 aromatic heterocycles. The third kappa shape index (κ3) is 70.0. The Morgan fingerprint density at radius 3 is 0.726 bits per heavy atom. The molecule has 0 aliphatic heterocycles. The van der Waals surface area contributed by atoms with Gasteiger partial charge >= 0.3 is 5.97 Å². The largest absolute Gasteiger partial charge is 0.466 e. The number of hydrogen-bond acceptors (Lipinski definition) is 5. The number of ether oxygens (including phenoxy) is 1. The Balaban J connectivity index is 3.32. The van der Waals surface area contributed by atoms with Crippen LogP contribution in [-0.2, 0) is 14.3 Å². The lowest BCUT2D eigenvalue weighted by Gasteiger charge is -2.22. The van der Waals surface area contributed by atoms with Crippen molar-refractivity contribution in [3.63, 3.8) is 0 Å². The van der Waals surface area contributed by atoms with Gasteiger partial charge in [0.15, 0.2) is 0 Å². The lowest BCUT2D eigenvalue weighted by molar-refractivity contribution is -0.143. The molecular weight excluding hydrogens is 1030 g/mol. The number of hydrogen-bond donors (Lipinski definition) is 3. The van der Waals surface area contributed by atoms with Crippen molar-refractivity contribution in [3.8, 4) is 0 Å². The highest BCUT2D eigenvalue weighted by Crippen LogP contribution is 2.21. The summed E-state index contributed by atoms with van der Waals surface area (Å²) in [6.45, 7) is 5.01. The second-order valence-corrected chi connectivity index (χ2v) is 27.4. The monoisotopic (exact) mass is 1190 g/mol.